The van der Waals surface area contributed by atoms with Gasteiger partial charge < -0.3 is 11.1 Å². The quantitative estimate of drug-likeness (QED) is 0.710. The molecule has 0 saturated carbocycles. The smallest absolute Gasteiger partial charge is 0.255 e. The molecule has 28 heavy (non-hydrogen) atoms. The van der Waals surface area contributed by atoms with Gasteiger partial charge in [-0.2, -0.15) is 0 Å². The van der Waals surface area contributed by atoms with Crippen LogP contribution in [0.25, 0.3) is 11.4 Å². The standard InChI is InChI=1S/C20H19FN6O/c1-9-8-23-18(24-10(9)2)14-6-12(21)4-5-13(14)15-7-16-17(19(28)26-15)11(3)25-20(22)27-16/h4-6,8,15H,7H2,1-3H3,(H,26,28)(H2,22,25,27)/t15-/m1/s1. The lowest BCUT2D eigenvalue weighted by molar-refractivity contribution is 0.0922. The van der Waals surface area contributed by atoms with Crippen LogP contribution in [0.1, 0.15) is 44.6 Å². The van der Waals surface area contributed by atoms with E-state index in [9.17, 15) is 9.18 Å². The summed E-state index contributed by atoms with van der Waals surface area (Å²) < 4.78 is 14.0. The van der Waals surface area contributed by atoms with Crippen molar-refractivity contribution in [3.05, 3.63) is 64.0 Å². The molecule has 0 fully saturated rings. The van der Waals surface area contributed by atoms with Gasteiger partial charge in [-0.3, -0.25) is 4.79 Å². The molecule has 0 bridgehead atoms. The van der Waals surface area contributed by atoms with E-state index in [4.69, 9.17) is 5.73 Å². The molecule has 0 unspecified atom stereocenters. The van der Waals surface area contributed by atoms with Crippen molar-refractivity contribution in [1.82, 2.24) is 25.3 Å². The number of nitrogens with one attached hydrogen (secondary N) is 1. The monoisotopic (exact) mass is 378 g/mol. The maximum Gasteiger partial charge on any atom is 0.255 e. The van der Waals surface area contributed by atoms with Crippen molar-refractivity contribution in [2.24, 2.45) is 0 Å². The molecular weight excluding hydrogens is 359 g/mol. The van der Waals surface area contributed by atoms with E-state index in [2.05, 4.69) is 25.3 Å². The average molecular weight is 378 g/mol. The Balaban J connectivity index is 1.82. The molecule has 1 aliphatic rings. The molecule has 142 valence electrons. The second-order valence-corrected chi connectivity index (χ2v) is 6.91. The van der Waals surface area contributed by atoms with Crippen LogP contribution in [0, 0.1) is 26.6 Å². The molecule has 0 spiro atoms. The fourth-order valence-electron chi connectivity index (χ4n) is 3.44. The number of carbonyl (C=O) groups excluding carboxylic acids is 1. The van der Waals surface area contributed by atoms with E-state index in [1.807, 2.05) is 13.8 Å². The van der Waals surface area contributed by atoms with Gasteiger partial charge in [-0.15, -0.1) is 0 Å². The summed E-state index contributed by atoms with van der Waals surface area (Å²) in [7, 11) is 0. The zero-order chi connectivity index (χ0) is 20.0. The van der Waals surface area contributed by atoms with Crippen molar-refractivity contribution in [1.29, 1.82) is 0 Å². The minimum atomic E-state index is -0.408. The maximum atomic E-state index is 14.0. The first-order valence-electron chi connectivity index (χ1n) is 8.87. The average Bonchev–Trinajstić information content (AvgIpc) is 2.63. The van der Waals surface area contributed by atoms with Crippen molar-refractivity contribution >= 4 is 11.9 Å². The number of fused-ring (bicyclic) bond motifs is 1. The summed E-state index contributed by atoms with van der Waals surface area (Å²) in [6.45, 7) is 5.51. The second kappa shape index (κ2) is 6.63. The molecule has 3 aromatic rings. The molecule has 1 aliphatic heterocycles. The fourth-order valence-corrected chi connectivity index (χ4v) is 3.44. The van der Waals surface area contributed by atoms with Gasteiger partial charge in [-0.05, 0) is 44.0 Å². The van der Waals surface area contributed by atoms with Gasteiger partial charge in [0.2, 0.25) is 5.95 Å². The molecule has 2 aromatic heterocycles. The number of benzene rings is 1. The van der Waals surface area contributed by atoms with E-state index in [0.29, 0.717) is 34.8 Å². The highest BCUT2D eigenvalue weighted by atomic mass is 19.1. The van der Waals surface area contributed by atoms with Crippen LogP contribution in [0.4, 0.5) is 10.3 Å². The maximum absolute atomic E-state index is 14.0. The molecule has 1 amide bonds. The third-order valence-corrected chi connectivity index (χ3v) is 4.97. The van der Waals surface area contributed by atoms with Crippen molar-refractivity contribution < 1.29 is 9.18 Å². The van der Waals surface area contributed by atoms with Crippen molar-refractivity contribution in [3.8, 4) is 11.4 Å². The van der Waals surface area contributed by atoms with E-state index in [1.165, 1.54) is 12.1 Å². The summed E-state index contributed by atoms with van der Waals surface area (Å²) in [5, 5.41) is 2.97. The van der Waals surface area contributed by atoms with Gasteiger partial charge in [-0.1, -0.05) is 6.07 Å². The predicted molar refractivity (Wildman–Crippen MR) is 102 cm³/mol. The topological polar surface area (TPSA) is 107 Å². The molecule has 1 atom stereocenters. The van der Waals surface area contributed by atoms with Crippen molar-refractivity contribution in [2.75, 3.05) is 5.73 Å². The number of halogens is 1. The van der Waals surface area contributed by atoms with Crippen LogP contribution in [0.2, 0.25) is 0 Å². The summed E-state index contributed by atoms with van der Waals surface area (Å²) in [5.74, 6) is -0.136. The summed E-state index contributed by atoms with van der Waals surface area (Å²) in [6, 6.07) is 3.99. The fraction of sp³-hybridized carbons (Fsp3) is 0.250. The number of nitrogen functional groups attached to an aromatic ring is 1. The summed E-state index contributed by atoms with van der Waals surface area (Å²) >= 11 is 0. The Labute approximate surface area is 161 Å². The summed E-state index contributed by atoms with van der Waals surface area (Å²) in [5.41, 5.74) is 10.3. The molecule has 7 nitrogen and oxygen atoms in total. The van der Waals surface area contributed by atoms with Crippen molar-refractivity contribution in [3.63, 3.8) is 0 Å². The number of aromatic nitrogens is 4. The SMILES string of the molecule is Cc1cnc(-c2cc(F)ccc2[C@H]2Cc3nc(N)nc(C)c3C(=O)N2)nc1C. The third kappa shape index (κ3) is 3.06. The molecule has 3 N–H and O–H groups in total. The Bertz CT molecular complexity index is 1110. The highest BCUT2D eigenvalue weighted by molar-refractivity contribution is 5.98. The normalized spacial score (nSPS) is 15.9. The van der Waals surface area contributed by atoms with E-state index in [1.54, 1.807) is 19.2 Å². The van der Waals surface area contributed by atoms with Gasteiger partial charge in [0.25, 0.3) is 5.91 Å². The van der Waals surface area contributed by atoms with Crippen LogP contribution >= 0.6 is 0 Å². The Morgan fingerprint density at radius 3 is 2.68 bits per heavy atom. The van der Waals surface area contributed by atoms with Gasteiger partial charge in [0, 0.05) is 23.9 Å². The number of anilines is 1. The van der Waals surface area contributed by atoms with E-state index >= 15 is 0 Å². The molecule has 0 aliphatic carbocycles. The molecular formula is C20H19FN6O. The first-order valence-corrected chi connectivity index (χ1v) is 8.87. The molecule has 3 heterocycles. The third-order valence-electron chi connectivity index (χ3n) is 4.97. The highest BCUT2D eigenvalue weighted by Crippen LogP contribution is 2.32. The van der Waals surface area contributed by atoms with Gasteiger partial charge in [0.1, 0.15) is 5.82 Å². The molecule has 8 heteroatoms. The molecule has 1 aromatic carbocycles. The molecule has 0 saturated heterocycles. The van der Waals surface area contributed by atoms with Crippen LogP contribution in [0.3, 0.4) is 0 Å². The second-order valence-electron chi connectivity index (χ2n) is 6.91. The van der Waals surface area contributed by atoms with Crippen LogP contribution in [0.5, 0.6) is 0 Å². The van der Waals surface area contributed by atoms with Gasteiger partial charge in [-0.25, -0.2) is 24.3 Å². The number of nitrogens with two attached hydrogens (primary N) is 1. The van der Waals surface area contributed by atoms with E-state index in [-0.39, 0.29) is 11.9 Å². The summed E-state index contributed by atoms with van der Waals surface area (Å²) in [4.78, 5) is 29.8. The minimum absolute atomic E-state index is 0.126. The van der Waals surface area contributed by atoms with Crippen LogP contribution in [-0.2, 0) is 6.42 Å². The largest absolute Gasteiger partial charge is 0.368 e. The lowest BCUT2D eigenvalue weighted by atomic mass is 9.91. The summed E-state index contributed by atoms with van der Waals surface area (Å²) in [6.07, 6.45) is 2.12. The minimum Gasteiger partial charge on any atom is -0.368 e. The van der Waals surface area contributed by atoms with E-state index in [0.717, 1.165) is 16.8 Å². The highest BCUT2D eigenvalue weighted by Gasteiger charge is 2.31. The van der Waals surface area contributed by atoms with Crippen LogP contribution < -0.4 is 11.1 Å². The zero-order valence-electron chi connectivity index (χ0n) is 15.7. The number of aryl methyl sites for hydroxylation is 3. The number of carbonyl (C=O) groups is 1. The molecule has 4 rings (SSSR count). The lowest BCUT2D eigenvalue weighted by Crippen LogP contribution is -2.37. The Hall–Kier alpha value is -3.42. The number of amides is 1. The first-order chi connectivity index (χ1) is 13.3. The number of nitrogens with zero attached hydrogens (tertiary/aromatic N) is 4. The van der Waals surface area contributed by atoms with Crippen LogP contribution in [0.15, 0.2) is 24.4 Å². The zero-order valence-corrected chi connectivity index (χ0v) is 15.7. The molecule has 0 radical (unpaired) electrons. The Morgan fingerprint density at radius 1 is 1.14 bits per heavy atom. The van der Waals surface area contributed by atoms with Crippen LogP contribution in [-0.4, -0.2) is 25.8 Å². The predicted octanol–water partition coefficient (Wildman–Crippen LogP) is 2.61. The van der Waals surface area contributed by atoms with Gasteiger partial charge in [0.05, 0.1) is 23.0 Å². The van der Waals surface area contributed by atoms with Gasteiger partial charge >= 0.3 is 0 Å². The Kier molecular flexibility index (Phi) is 4.26. The van der Waals surface area contributed by atoms with Crippen molar-refractivity contribution in [2.45, 2.75) is 33.2 Å². The number of hydrogen-bond acceptors (Lipinski definition) is 6. The lowest BCUT2D eigenvalue weighted by Gasteiger charge is -2.27. The number of hydrogen-bond donors (Lipinski definition) is 2. The van der Waals surface area contributed by atoms with E-state index < -0.39 is 11.9 Å². The van der Waals surface area contributed by atoms with Gasteiger partial charge in [0.15, 0.2) is 5.82 Å². The first kappa shape index (κ1) is 18.0. The number of rotatable bonds is 2. The Morgan fingerprint density at radius 2 is 1.93 bits per heavy atom.